The number of hydrogen-bond donors (Lipinski definition) is 1. The van der Waals surface area contributed by atoms with E-state index in [1.807, 2.05) is 37.3 Å². The van der Waals surface area contributed by atoms with Gasteiger partial charge < -0.3 is 4.98 Å². The zero-order valence-electron chi connectivity index (χ0n) is 14.8. The summed E-state index contributed by atoms with van der Waals surface area (Å²) in [4.78, 5) is 17.4. The maximum atomic E-state index is 12.4. The summed E-state index contributed by atoms with van der Waals surface area (Å²) in [6.07, 6.45) is 0. The highest BCUT2D eigenvalue weighted by Gasteiger charge is 2.16. The summed E-state index contributed by atoms with van der Waals surface area (Å²) in [6.45, 7) is 8.51. The first-order valence-corrected chi connectivity index (χ1v) is 8.96. The van der Waals surface area contributed by atoms with Gasteiger partial charge in [0.2, 0.25) is 0 Å². The molecule has 0 unspecified atom stereocenters. The Bertz CT molecular complexity index is 1010. The van der Waals surface area contributed by atoms with E-state index in [1.54, 1.807) is 11.3 Å². The first kappa shape index (κ1) is 17.2. The van der Waals surface area contributed by atoms with Crippen molar-refractivity contribution in [1.82, 2.24) is 4.98 Å². The summed E-state index contributed by atoms with van der Waals surface area (Å²) in [7, 11) is 0. The van der Waals surface area contributed by atoms with E-state index < -0.39 is 0 Å². The number of pyridine rings is 1. The number of nitriles is 1. The smallest absolute Gasteiger partial charge is 0.266 e. The van der Waals surface area contributed by atoms with E-state index in [0.717, 1.165) is 16.1 Å². The highest BCUT2D eigenvalue weighted by molar-refractivity contribution is 7.15. The van der Waals surface area contributed by atoms with E-state index in [1.165, 1.54) is 10.4 Å². The van der Waals surface area contributed by atoms with Crippen molar-refractivity contribution >= 4 is 11.3 Å². The molecule has 3 aromatic rings. The second kappa shape index (κ2) is 6.34. The predicted octanol–water partition coefficient (Wildman–Crippen LogP) is 5.25. The molecule has 0 aliphatic rings. The lowest BCUT2D eigenvalue weighted by molar-refractivity contribution is 0.590. The van der Waals surface area contributed by atoms with Crippen molar-refractivity contribution in [1.29, 1.82) is 5.26 Å². The van der Waals surface area contributed by atoms with Crippen molar-refractivity contribution < 1.29 is 0 Å². The summed E-state index contributed by atoms with van der Waals surface area (Å²) in [5, 5.41) is 9.44. The molecule has 0 saturated heterocycles. The van der Waals surface area contributed by atoms with Gasteiger partial charge in [0, 0.05) is 10.4 Å². The molecule has 0 aliphatic heterocycles. The number of nitrogens with one attached hydrogen (secondary N) is 1. The fourth-order valence-electron chi connectivity index (χ4n) is 2.76. The molecule has 4 heteroatoms. The zero-order chi connectivity index (χ0) is 18.2. The van der Waals surface area contributed by atoms with Crippen LogP contribution in [0.2, 0.25) is 0 Å². The minimum Gasteiger partial charge on any atom is -0.320 e. The molecule has 3 nitrogen and oxygen atoms in total. The number of H-pyrrole nitrogens is 1. The fourth-order valence-corrected chi connectivity index (χ4v) is 3.60. The number of hydrogen-bond acceptors (Lipinski definition) is 3. The molecule has 25 heavy (non-hydrogen) atoms. The quantitative estimate of drug-likeness (QED) is 0.688. The fraction of sp³-hybridized carbons (Fsp3) is 0.238. The predicted molar refractivity (Wildman–Crippen MR) is 104 cm³/mol. The number of benzene rings is 1. The lowest BCUT2D eigenvalue weighted by Gasteiger charge is -2.19. The molecule has 0 radical (unpaired) electrons. The monoisotopic (exact) mass is 348 g/mol. The van der Waals surface area contributed by atoms with Crippen LogP contribution in [0.15, 0.2) is 47.3 Å². The van der Waals surface area contributed by atoms with E-state index in [2.05, 4.69) is 44.0 Å². The third-order valence-electron chi connectivity index (χ3n) is 4.21. The van der Waals surface area contributed by atoms with Gasteiger partial charge in [-0.25, -0.2) is 0 Å². The molecule has 0 saturated carbocycles. The van der Waals surface area contributed by atoms with Gasteiger partial charge in [-0.3, -0.25) is 4.79 Å². The Morgan fingerprint density at radius 2 is 1.76 bits per heavy atom. The second-order valence-corrected chi connectivity index (χ2v) is 8.44. The molecule has 0 aliphatic carbocycles. The SMILES string of the molecule is Cc1ccc(-c2cc(-c3ccc(C(C)(C)C)cc3)c(C#N)c(=O)[nH]2)s1. The van der Waals surface area contributed by atoms with Crippen LogP contribution in [0.1, 0.15) is 36.8 Å². The Balaban J connectivity index is 2.16. The minimum absolute atomic E-state index is 0.0599. The second-order valence-electron chi connectivity index (χ2n) is 7.15. The summed E-state index contributed by atoms with van der Waals surface area (Å²) >= 11 is 1.62. The summed E-state index contributed by atoms with van der Waals surface area (Å²) in [5.41, 5.74) is 3.38. The Labute approximate surface area is 151 Å². The highest BCUT2D eigenvalue weighted by Crippen LogP contribution is 2.31. The number of rotatable bonds is 2. The normalized spacial score (nSPS) is 11.3. The summed E-state index contributed by atoms with van der Waals surface area (Å²) in [6, 6.07) is 16.1. The van der Waals surface area contributed by atoms with Crippen LogP contribution >= 0.6 is 11.3 Å². The van der Waals surface area contributed by atoms with E-state index in [-0.39, 0.29) is 16.5 Å². The summed E-state index contributed by atoms with van der Waals surface area (Å²) < 4.78 is 0. The van der Waals surface area contributed by atoms with Crippen LogP contribution in [0.4, 0.5) is 0 Å². The van der Waals surface area contributed by atoms with Gasteiger partial charge in [0.15, 0.2) is 0 Å². The van der Waals surface area contributed by atoms with Gasteiger partial charge >= 0.3 is 0 Å². The largest absolute Gasteiger partial charge is 0.320 e. The number of aromatic nitrogens is 1. The standard InChI is InChI=1S/C21H20N2OS/c1-13-5-10-19(25-13)18-11-16(17(12-22)20(24)23-18)14-6-8-15(9-7-14)21(2,3)4/h5-11H,1-4H3,(H,23,24). The first-order chi connectivity index (χ1) is 11.8. The van der Waals surface area contributed by atoms with Crippen LogP contribution < -0.4 is 5.56 Å². The van der Waals surface area contributed by atoms with Gasteiger partial charge in [0.05, 0.1) is 10.6 Å². The molecule has 2 heterocycles. The molecule has 0 spiro atoms. The molecule has 1 aromatic carbocycles. The molecule has 0 bridgehead atoms. The Hall–Kier alpha value is -2.64. The van der Waals surface area contributed by atoms with Crippen molar-refractivity contribution in [2.75, 3.05) is 0 Å². The molecule has 0 fully saturated rings. The lowest BCUT2D eigenvalue weighted by Crippen LogP contribution is -2.13. The molecule has 2 aromatic heterocycles. The molecule has 0 atom stereocenters. The summed E-state index contributed by atoms with van der Waals surface area (Å²) in [5.74, 6) is 0. The van der Waals surface area contributed by atoms with Gasteiger partial charge in [0.25, 0.3) is 5.56 Å². The lowest BCUT2D eigenvalue weighted by atomic mass is 9.86. The molecular formula is C21H20N2OS. The Kier molecular flexibility index (Phi) is 4.36. The minimum atomic E-state index is -0.346. The van der Waals surface area contributed by atoms with Gasteiger partial charge in [-0.2, -0.15) is 5.26 Å². The van der Waals surface area contributed by atoms with Gasteiger partial charge in [0.1, 0.15) is 11.6 Å². The molecule has 126 valence electrons. The van der Waals surface area contributed by atoms with Crippen LogP contribution in [-0.4, -0.2) is 4.98 Å². The maximum absolute atomic E-state index is 12.4. The zero-order valence-corrected chi connectivity index (χ0v) is 15.6. The van der Waals surface area contributed by atoms with Crippen LogP contribution in [0.3, 0.4) is 0 Å². The van der Waals surface area contributed by atoms with Crippen LogP contribution in [-0.2, 0) is 5.41 Å². The maximum Gasteiger partial charge on any atom is 0.266 e. The van der Waals surface area contributed by atoms with Crippen LogP contribution in [0.5, 0.6) is 0 Å². The van der Waals surface area contributed by atoms with Crippen molar-refractivity contribution in [2.45, 2.75) is 33.1 Å². The Morgan fingerprint density at radius 3 is 2.28 bits per heavy atom. The van der Waals surface area contributed by atoms with E-state index in [4.69, 9.17) is 0 Å². The van der Waals surface area contributed by atoms with Crippen LogP contribution in [0, 0.1) is 18.3 Å². The Morgan fingerprint density at radius 1 is 1.08 bits per heavy atom. The topological polar surface area (TPSA) is 56.6 Å². The van der Waals surface area contributed by atoms with E-state index in [9.17, 15) is 10.1 Å². The highest BCUT2D eigenvalue weighted by atomic mass is 32.1. The van der Waals surface area contributed by atoms with Crippen molar-refractivity contribution in [3.8, 4) is 27.8 Å². The molecule has 1 N–H and O–H groups in total. The molecule has 3 rings (SSSR count). The van der Waals surface area contributed by atoms with Crippen molar-refractivity contribution in [3.05, 3.63) is 68.8 Å². The number of thiophene rings is 1. The first-order valence-electron chi connectivity index (χ1n) is 8.15. The number of nitrogens with zero attached hydrogens (tertiary/aromatic N) is 1. The molecular weight excluding hydrogens is 328 g/mol. The average Bonchev–Trinajstić information content (AvgIpc) is 3.00. The van der Waals surface area contributed by atoms with Crippen molar-refractivity contribution in [2.24, 2.45) is 0 Å². The van der Waals surface area contributed by atoms with Crippen LogP contribution in [0.25, 0.3) is 21.7 Å². The van der Waals surface area contributed by atoms with E-state index >= 15 is 0 Å². The third kappa shape index (κ3) is 3.42. The third-order valence-corrected chi connectivity index (χ3v) is 5.25. The molecule has 0 amide bonds. The average molecular weight is 348 g/mol. The van der Waals surface area contributed by atoms with Gasteiger partial charge in [-0.05, 0) is 41.7 Å². The van der Waals surface area contributed by atoms with Gasteiger partial charge in [-0.15, -0.1) is 11.3 Å². The number of aryl methyl sites for hydroxylation is 1. The van der Waals surface area contributed by atoms with Gasteiger partial charge in [-0.1, -0.05) is 45.0 Å². The van der Waals surface area contributed by atoms with E-state index in [0.29, 0.717) is 5.56 Å². The number of aromatic amines is 1. The van der Waals surface area contributed by atoms with Crippen molar-refractivity contribution in [3.63, 3.8) is 0 Å².